The lowest BCUT2D eigenvalue weighted by Gasteiger charge is -2.25. The number of benzene rings is 9. The molecule has 0 aliphatic carbocycles. The standard InChI is InChI=1S/C58H38N2O2/c1-6-16-37(17-7-1)42-26-29-54-49(34-42)55-50(58-59-51(40-22-12-4-13-23-40)36-52(60-58)41-24-14-5-15-25-41)35-48-47-33-43(27-28-53(47)61-56(48)57(55)62-54)46-31-44(38-18-8-2-9-19-38)30-45(32-46)39-20-10-3-11-21-39/h1-36,58-59H. The quantitative estimate of drug-likeness (QED) is 0.175. The topological polar surface area (TPSA) is 50.7 Å². The van der Waals surface area contributed by atoms with Crippen LogP contribution in [-0.2, 0) is 0 Å². The van der Waals surface area contributed by atoms with Crippen LogP contribution >= 0.6 is 0 Å². The minimum absolute atomic E-state index is 0.442. The molecule has 9 aromatic carbocycles. The van der Waals surface area contributed by atoms with Crippen LogP contribution in [0.25, 0.3) is 94.1 Å². The molecule has 0 radical (unpaired) electrons. The predicted octanol–water partition coefficient (Wildman–Crippen LogP) is 15.3. The molecule has 1 unspecified atom stereocenters. The first-order valence-corrected chi connectivity index (χ1v) is 21.0. The molecule has 4 nitrogen and oxygen atoms in total. The Morgan fingerprint density at radius 1 is 0.355 bits per heavy atom. The van der Waals surface area contributed by atoms with Gasteiger partial charge in [-0.2, -0.15) is 0 Å². The summed E-state index contributed by atoms with van der Waals surface area (Å²) in [6.45, 7) is 0. The average Bonchev–Trinajstić information content (AvgIpc) is 3.93. The fourth-order valence-corrected chi connectivity index (χ4v) is 9.03. The Kier molecular flexibility index (Phi) is 8.53. The molecule has 11 aromatic rings. The summed E-state index contributed by atoms with van der Waals surface area (Å²) in [4.78, 5) is 5.49. The van der Waals surface area contributed by atoms with Crippen molar-refractivity contribution in [3.63, 3.8) is 0 Å². The van der Waals surface area contributed by atoms with E-state index in [-0.39, 0.29) is 0 Å². The highest BCUT2D eigenvalue weighted by Crippen LogP contribution is 2.45. The first kappa shape index (κ1) is 35.7. The van der Waals surface area contributed by atoms with Gasteiger partial charge in [-0.05, 0) is 110 Å². The van der Waals surface area contributed by atoms with Crippen LogP contribution in [0.1, 0.15) is 22.9 Å². The predicted molar refractivity (Wildman–Crippen MR) is 256 cm³/mol. The van der Waals surface area contributed by atoms with Crippen molar-refractivity contribution < 1.29 is 8.83 Å². The smallest absolute Gasteiger partial charge is 0.179 e. The van der Waals surface area contributed by atoms with Gasteiger partial charge in [0.25, 0.3) is 0 Å². The molecule has 3 heterocycles. The molecular weight excluding hydrogens is 757 g/mol. The molecular formula is C58H38N2O2. The first-order valence-electron chi connectivity index (χ1n) is 21.0. The van der Waals surface area contributed by atoms with Crippen LogP contribution < -0.4 is 5.32 Å². The second-order valence-electron chi connectivity index (χ2n) is 15.9. The Labute approximate surface area is 358 Å². The average molecular weight is 795 g/mol. The first-order chi connectivity index (χ1) is 30.7. The Morgan fingerprint density at radius 2 is 0.806 bits per heavy atom. The Balaban J connectivity index is 1.10. The maximum Gasteiger partial charge on any atom is 0.179 e. The highest BCUT2D eigenvalue weighted by atomic mass is 16.4. The van der Waals surface area contributed by atoms with Crippen molar-refractivity contribution in [3.8, 4) is 44.5 Å². The number of fused-ring (bicyclic) bond motifs is 7. The SMILES string of the molecule is C1=C(c2ccccc2)NC(c2cc3c4cc(-c5cc(-c6ccccc6)cc(-c6ccccc6)c5)ccc4oc3c3oc4ccc(-c5ccccc5)cc4c23)N=C1c1ccccc1. The Morgan fingerprint density at radius 3 is 1.39 bits per heavy atom. The van der Waals surface area contributed by atoms with Crippen molar-refractivity contribution in [1.29, 1.82) is 0 Å². The van der Waals surface area contributed by atoms with E-state index < -0.39 is 6.17 Å². The van der Waals surface area contributed by atoms with Crippen LogP contribution in [0.5, 0.6) is 0 Å². The van der Waals surface area contributed by atoms with E-state index in [1.807, 2.05) is 12.1 Å². The van der Waals surface area contributed by atoms with E-state index in [4.69, 9.17) is 13.8 Å². The van der Waals surface area contributed by atoms with Gasteiger partial charge in [-0.15, -0.1) is 0 Å². The summed E-state index contributed by atoms with van der Waals surface area (Å²) < 4.78 is 13.7. The fourth-order valence-electron chi connectivity index (χ4n) is 9.03. The number of allylic oxidation sites excluding steroid dienone is 1. The van der Waals surface area contributed by atoms with Crippen LogP contribution in [0, 0.1) is 0 Å². The van der Waals surface area contributed by atoms with Gasteiger partial charge in [-0.3, -0.25) is 4.99 Å². The molecule has 0 saturated heterocycles. The van der Waals surface area contributed by atoms with Crippen molar-refractivity contribution in [2.75, 3.05) is 0 Å². The molecule has 12 rings (SSSR count). The zero-order valence-corrected chi connectivity index (χ0v) is 33.6. The molecule has 0 spiro atoms. The fraction of sp³-hybridized carbons (Fsp3) is 0.0172. The van der Waals surface area contributed by atoms with Crippen LogP contribution in [-0.4, -0.2) is 5.71 Å². The minimum Gasteiger partial charge on any atom is -0.452 e. The van der Waals surface area contributed by atoms with Gasteiger partial charge in [0.15, 0.2) is 11.2 Å². The van der Waals surface area contributed by atoms with Crippen LogP contribution in [0.4, 0.5) is 0 Å². The van der Waals surface area contributed by atoms with E-state index in [9.17, 15) is 0 Å². The summed E-state index contributed by atoms with van der Waals surface area (Å²) in [5.74, 6) is 0. The summed E-state index contributed by atoms with van der Waals surface area (Å²) in [5, 5.41) is 7.85. The van der Waals surface area contributed by atoms with E-state index in [0.717, 1.165) is 99.8 Å². The summed E-state index contributed by atoms with van der Waals surface area (Å²) in [6, 6.07) is 74.8. The monoisotopic (exact) mass is 794 g/mol. The number of furan rings is 2. The van der Waals surface area contributed by atoms with Gasteiger partial charge in [-0.25, -0.2) is 0 Å². The van der Waals surface area contributed by atoms with Crippen LogP contribution in [0.3, 0.4) is 0 Å². The number of aliphatic imine (C=N–C) groups is 1. The number of nitrogens with one attached hydrogen (secondary N) is 1. The van der Waals surface area contributed by atoms with E-state index in [2.05, 4.69) is 212 Å². The van der Waals surface area contributed by atoms with Gasteiger partial charge >= 0.3 is 0 Å². The maximum absolute atomic E-state index is 6.90. The van der Waals surface area contributed by atoms with E-state index >= 15 is 0 Å². The van der Waals surface area contributed by atoms with Crippen molar-refractivity contribution in [3.05, 3.63) is 235 Å². The number of hydrogen-bond donors (Lipinski definition) is 1. The lowest BCUT2D eigenvalue weighted by Crippen LogP contribution is -2.25. The third kappa shape index (κ3) is 6.29. The van der Waals surface area contributed by atoms with E-state index in [1.54, 1.807) is 0 Å². The van der Waals surface area contributed by atoms with Crippen molar-refractivity contribution in [2.24, 2.45) is 4.99 Å². The largest absolute Gasteiger partial charge is 0.452 e. The summed E-state index contributed by atoms with van der Waals surface area (Å²) in [5.41, 5.74) is 17.3. The minimum atomic E-state index is -0.442. The van der Waals surface area contributed by atoms with E-state index in [0.29, 0.717) is 5.58 Å². The van der Waals surface area contributed by atoms with Gasteiger partial charge < -0.3 is 14.2 Å². The van der Waals surface area contributed by atoms with Crippen molar-refractivity contribution in [1.82, 2.24) is 5.32 Å². The molecule has 62 heavy (non-hydrogen) atoms. The molecule has 292 valence electrons. The highest BCUT2D eigenvalue weighted by molar-refractivity contribution is 6.21. The Hall–Kier alpha value is -8.21. The zero-order chi connectivity index (χ0) is 41.0. The van der Waals surface area contributed by atoms with Crippen LogP contribution in [0.15, 0.2) is 232 Å². The molecule has 2 aromatic heterocycles. The van der Waals surface area contributed by atoms with Gasteiger partial charge in [-0.1, -0.05) is 164 Å². The molecule has 0 bridgehead atoms. The second-order valence-corrected chi connectivity index (χ2v) is 15.9. The van der Waals surface area contributed by atoms with Crippen molar-refractivity contribution >= 4 is 55.3 Å². The summed E-state index contributed by atoms with van der Waals surface area (Å²) in [7, 11) is 0. The lowest BCUT2D eigenvalue weighted by molar-refractivity contribution is 0.631. The zero-order valence-electron chi connectivity index (χ0n) is 33.6. The van der Waals surface area contributed by atoms with Crippen molar-refractivity contribution in [2.45, 2.75) is 6.17 Å². The van der Waals surface area contributed by atoms with Gasteiger partial charge in [0.1, 0.15) is 17.3 Å². The summed E-state index contributed by atoms with van der Waals surface area (Å²) >= 11 is 0. The normalized spacial score (nSPS) is 14.0. The molecule has 1 aliphatic heterocycles. The van der Waals surface area contributed by atoms with Gasteiger partial charge in [0.05, 0.1) is 5.71 Å². The van der Waals surface area contributed by atoms with Crippen LogP contribution in [0.2, 0.25) is 0 Å². The maximum atomic E-state index is 6.90. The highest BCUT2D eigenvalue weighted by Gasteiger charge is 2.27. The third-order valence-electron chi connectivity index (χ3n) is 12.1. The summed E-state index contributed by atoms with van der Waals surface area (Å²) in [6.07, 6.45) is 1.72. The Bertz CT molecular complexity index is 3460. The second kappa shape index (κ2) is 14.8. The third-order valence-corrected chi connectivity index (χ3v) is 12.1. The number of hydrogen-bond acceptors (Lipinski definition) is 4. The molecule has 1 aliphatic rings. The molecule has 0 saturated carbocycles. The molecule has 1 atom stereocenters. The lowest BCUT2D eigenvalue weighted by atomic mass is 9.92. The van der Waals surface area contributed by atoms with E-state index in [1.165, 1.54) is 11.1 Å². The molecule has 1 N–H and O–H groups in total. The van der Waals surface area contributed by atoms with Gasteiger partial charge in [0, 0.05) is 32.8 Å². The number of rotatable bonds is 7. The van der Waals surface area contributed by atoms with Gasteiger partial charge in [0.2, 0.25) is 0 Å². The molecule has 4 heteroatoms. The molecule has 0 amide bonds. The molecule has 0 fully saturated rings. The number of nitrogens with zero attached hydrogens (tertiary/aromatic N) is 1.